The second-order valence-corrected chi connectivity index (χ2v) is 7.77. The van der Waals surface area contributed by atoms with Crippen molar-refractivity contribution >= 4 is 34.2 Å². The molecule has 30 heavy (non-hydrogen) atoms. The molecule has 0 aliphatic heterocycles. The maximum absolute atomic E-state index is 12.4. The van der Waals surface area contributed by atoms with E-state index in [2.05, 4.69) is 5.32 Å². The van der Waals surface area contributed by atoms with Crippen molar-refractivity contribution in [3.05, 3.63) is 46.3 Å². The van der Waals surface area contributed by atoms with Crippen molar-refractivity contribution in [1.82, 2.24) is 0 Å². The summed E-state index contributed by atoms with van der Waals surface area (Å²) in [7, 11) is 0. The normalized spacial score (nSPS) is 10.6. The highest BCUT2D eigenvalue weighted by Crippen LogP contribution is 2.34. The SMILES string of the molecule is CCOC(=O)c1c(NC(=O)CCCOc2ccccc2)sc(C(=O)OC(C)C)c1C. The molecular formula is C22H27NO6S. The number of nitrogens with one attached hydrogen (secondary N) is 1. The molecule has 1 aromatic carbocycles. The summed E-state index contributed by atoms with van der Waals surface area (Å²) in [6, 6.07) is 9.34. The third-order valence-corrected chi connectivity index (χ3v) is 5.15. The molecule has 0 fully saturated rings. The zero-order valence-corrected chi connectivity index (χ0v) is 18.5. The van der Waals surface area contributed by atoms with Crippen molar-refractivity contribution in [3.63, 3.8) is 0 Å². The van der Waals surface area contributed by atoms with E-state index < -0.39 is 11.9 Å². The van der Waals surface area contributed by atoms with Crippen LogP contribution in [0.15, 0.2) is 30.3 Å². The van der Waals surface area contributed by atoms with Crippen LogP contribution in [-0.2, 0) is 14.3 Å². The van der Waals surface area contributed by atoms with E-state index in [1.54, 1.807) is 27.7 Å². The van der Waals surface area contributed by atoms with Gasteiger partial charge >= 0.3 is 11.9 Å². The summed E-state index contributed by atoms with van der Waals surface area (Å²) < 4.78 is 15.9. The molecule has 1 amide bonds. The van der Waals surface area contributed by atoms with Gasteiger partial charge in [-0.05, 0) is 51.8 Å². The van der Waals surface area contributed by atoms with Crippen molar-refractivity contribution in [1.29, 1.82) is 0 Å². The number of hydrogen-bond acceptors (Lipinski definition) is 7. The number of rotatable bonds is 10. The van der Waals surface area contributed by atoms with Gasteiger partial charge in [-0.1, -0.05) is 18.2 Å². The van der Waals surface area contributed by atoms with Crippen LogP contribution < -0.4 is 10.1 Å². The van der Waals surface area contributed by atoms with Crippen molar-refractivity contribution < 1.29 is 28.6 Å². The highest BCUT2D eigenvalue weighted by Gasteiger charge is 2.27. The van der Waals surface area contributed by atoms with Crippen LogP contribution in [0, 0.1) is 6.92 Å². The number of carbonyl (C=O) groups excluding carboxylic acids is 3. The molecule has 0 saturated carbocycles. The molecule has 0 aliphatic rings. The molecule has 0 saturated heterocycles. The Kier molecular flexibility index (Phi) is 8.86. The minimum absolute atomic E-state index is 0.185. The molecule has 0 spiro atoms. The van der Waals surface area contributed by atoms with Gasteiger partial charge in [0, 0.05) is 6.42 Å². The van der Waals surface area contributed by atoms with E-state index >= 15 is 0 Å². The Morgan fingerprint density at radius 3 is 2.43 bits per heavy atom. The predicted octanol–water partition coefficient (Wildman–Crippen LogP) is 4.60. The zero-order valence-electron chi connectivity index (χ0n) is 17.7. The Morgan fingerprint density at radius 2 is 1.80 bits per heavy atom. The third kappa shape index (κ3) is 6.59. The summed E-state index contributed by atoms with van der Waals surface area (Å²) in [6.07, 6.45) is 0.410. The number of benzene rings is 1. The van der Waals surface area contributed by atoms with Gasteiger partial charge < -0.3 is 19.5 Å². The minimum Gasteiger partial charge on any atom is -0.494 e. The second-order valence-electron chi connectivity index (χ2n) is 6.75. The smallest absolute Gasteiger partial charge is 0.348 e. The van der Waals surface area contributed by atoms with Crippen molar-refractivity contribution in [2.45, 2.75) is 46.6 Å². The highest BCUT2D eigenvalue weighted by atomic mass is 32.1. The maximum atomic E-state index is 12.4. The molecule has 0 unspecified atom stereocenters. The van der Waals surface area contributed by atoms with Crippen LogP contribution in [0.4, 0.5) is 5.00 Å². The van der Waals surface area contributed by atoms with Crippen LogP contribution in [0.25, 0.3) is 0 Å². The van der Waals surface area contributed by atoms with E-state index in [-0.39, 0.29) is 40.5 Å². The molecule has 2 aromatic rings. The number of amides is 1. The van der Waals surface area contributed by atoms with E-state index in [1.807, 2.05) is 30.3 Å². The van der Waals surface area contributed by atoms with E-state index in [4.69, 9.17) is 14.2 Å². The Balaban J connectivity index is 2.05. The Labute approximate surface area is 180 Å². The van der Waals surface area contributed by atoms with Gasteiger partial charge in [-0.15, -0.1) is 11.3 Å². The van der Waals surface area contributed by atoms with Crippen LogP contribution in [0.2, 0.25) is 0 Å². The molecule has 2 rings (SSSR count). The van der Waals surface area contributed by atoms with Crippen LogP contribution in [0.3, 0.4) is 0 Å². The van der Waals surface area contributed by atoms with Crippen LogP contribution in [0.1, 0.15) is 59.2 Å². The van der Waals surface area contributed by atoms with E-state index in [0.717, 1.165) is 17.1 Å². The first-order valence-corrected chi connectivity index (χ1v) is 10.6. The van der Waals surface area contributed by atoms with Gasteiger partial charge in [-0.3, -0.25) is 4.79 Å². The third-order valence-electron chi connectivity index (χ3n) is 3.97. The molecule has 1 heterocycles. The maximum Gasteiger partial charge on any atom is 0.348 e. The first-order valence-electron chi connectivity index (χ1n) is 9.82. The summed E-state index contributed by atoms with van der Waals surface area (Å²) in [5.41, 5.74) is 0.623. The standard InChI is InChI=1S/C22H27NO6S/c1-5-27-21(25)18-15(4)19(22(26)29-14(2)3)30-20(18)23-17(24)12-9-13-28-16-10-7-6-8-11-16/h6-8,10-11,14H,5,9,12-13H2,1-4H3,(H,23,24). The molecule has 0 bridgehead atoms. The van der Waals surface area contributed by atoms with Gasteiger partial charge in [0.2, 0.25) is 5.91 Å². The van der Waals surface area contributed by atoms with E-state index in [9.17, 15) is 14.4 Å². The Bertz CT molecular complexity index is 875. The zero-order chi connectivity index (χ0) is 22.1. The highest BCUT2D eigenvalue weighted by molar-refractivity contribution is 7.18. The molecule has 1 aromatic heterocycles. The second kappa shape index (κ2) is 11.3. The van der Waals surface area contributed by atoms with Crippen LogP contribution in [0.5, 0.6) is 5.75 Å². The Hall–Kier alpha value is -2.87. The molecule has 0 aliphatic carbocycles. The van der Waals surface area contributed by atoms with Gasteiger partial charge in [-0.25, -0.2) is 9.59 Å². The minimum atomic E-state index is -0.586. The summed E-state index contributed by atoms with van der Waals surface area (Å²) in [5, 5.41) is 3.02. The van der Waals surface area contributed by atoms with Crippen molar-refractivity contribution in [2.24, 2.45) is 0 Å². The topological polar surface area (TPSA) is 90.9 Å². The summed E-state index contributed by atoms with van der Waals surface area (Å²) >= 11 is 1.02. The number of thiophene rings is 1. The van der Waals surface area contributed by atoms with Gasteiger partial charge in [-0.2, -0.15) is 0 Å². The van der Waals surface area contributed by atoms with Gasteiger partial charge in [0.15, 0.2) is 0 Å². The fourth-order valence-corrected chi connectivity index (χ4v) is 3.74. The lowest BCUT2D eigenvalue weighted by Gasteiger charge is -2.08. The van der Waals surface area contributed by atoms with E-state index in [0.29, 0.717) is 18.6 Å². The van der Waals surface area contributed by atoms with Crippen LogP contribution >= 0.6 is 11.3 Å². The van der Waals surface area contributed by atoms with Crippen LogP contribution in [-0.4, -0.2) is 37.2 Å². The number of hydrogen-bond donors (Lipinski definition) is 1. The summed E-state index contributed by atoms with van der Waals surface area (Å²) in [4.78, 5) is 37.4. The van der Waals surface area contributed by atoms with Gasteiger partial charge in [0.25, 0.3) is 0 Å². The number of carbonyl (C=O) groups is 3. The molecule has 7 nitrogen and oxygen atoms in total. The first-order chi connectivity index (χ1) is 14.3. The fraction of sp³-hybridized carbons (Fsp3) is 0.409. The van der Waals surface area contributed by atoms with Gasteiger partial charge in [0.1, 0.15) is 15.6 Å². The largest absolute Gasteiger partial charge is 0.494 e. The first kappa shape index (κ1) is 23.4. The average molecular weight is 434 g/mol. The molecule has 0 radical (unpaired) electrons. The number of anilines is 1. The lowest BCUT2D eigenvalue weighted by atomic mass is 10.1. The lowest BCUT2D eigenvalue weighted by molar-refractivity contribution is -0.116. The molecule has 8 heteroatoms. The molecule has 1 N–H and O–H groups in total. The fourth-order valence-electron chi connectivity index (χ4n) is 2.64. The van der Waals surface area contributed by atoms with Gasteiger partial charge in [0.05, 0.1) is 24.9 Å². The monoisotopic (exact) mass is 433 g/mol. The molecular weight excluding hydrogens is 406 g/mol. The average Bonchev–Trinajstić information content (AvgIpc) is 3.01. The number of ether oxygens (including phenoxy) is 3. The van der Waals surface area contributed by atoms with Crippen molar-refractivity contribution in [2.75, 3.05) is 18.5 Å². The van der Waals surface area contributed by atoms with Crippen molar-refractivity contribution in [3.8, 4) is 5.75 Å². The molecule has 0 atom stereocenters. The predicted molar refractivity (Wildman–Crippen MR) is 115 cm³/mol. The molecule has 162 valence electrons. The lowest BCUT2D eigenvalue weighted by Crippen LogP contribution is -2.15. The Morgan fingerprint density at radius 1 is 1.10 bits per heavy atom. The number of para-hydroxylation sites is 1. The van der Waals surface area contributed by atoms with E-state index in [1.165, 1.54) is 0 Å². The summed E-state index contributed by atoms with van der Waals surface area (Å²) in [5.74, 6) is -0.653. The quantitative estimate of drug-likeness (QED) is 0.435. The number of esters is 2. The summed E-state index contributed by atoms with van der Waals surface area (Å²) in [6.45, 7) is 7.39.